The Morgan fingerprint density at radius 3 is 1.30 bits per heavy atom. The molecule has 0 radical (unpaired) electrons. The third-order valence-corrected chi connectivity index (χ3v) is 8.76. The van der Waals surface area contributed by atoms with Crippen molar-refractivity contribution in [1.82, 2.24) is 0 Å². The van der Waals surface area contributed by atoms with Crippen molar-refractivity contribution in [2.75, 3.05) is 20.3 Å². The highest BCUT2D eigenvalue weighted by molar-refractivity contribution is 5.70. The molecule has 0 aliphatic heterocycles. The van der Waals surface area contributed by atoms with Crippen molar-refractivity contribution >= 4 is 11.9 Å². The molecule has 0 amide bonds. The maximum absolute atomic E-state index is 12.8. The summed E-state index contributed by atoms with van der Waals surface area (Å²) in [5, 5.41) is 0. The number of ether oxygens (including phenoxy) is 4. The van der Waals surface area contributed by atoms with Crippen molar-refractivity contribution in [2.45, 2.75) is 213 Å². The number of carbonyl (C=O) groups is 2. The average molecular weight is 627 g/mol. The molecule has 0 aromatic rings. The molecule has 0 heterocycles. The molecule has 44 heavy (non-hydrogen) atoms. The van der Waals surface area contributed by atoms with E-state index in [-0.39, 0.29) is 18.5 Å². The van der Waals surface area contributed by atoms with Gasteiger partial charge in [0.25, 0.3) is 0 Å². The van der Waals surface area contributed by atoms with Gasteiger partial charge in [0.15, 0.2) is 6.10 Å². The summed E-state index contributed by atoms with van der Waals surface area (Å²) >= 11 is 0. The number of hydrogen-bond acceptors (Lipinski definition) is 6. The minimum absolute atomic E-state index is 0.00126. The van der Waals surface area contributed by atoms with Crippen LogP contribution in [0, 0.1) is 0 Å². The Kier molecular flexibility index (Phi) is 27.4. The van der Waals surface area contributed by atoms with Crippen LogP contribution in [-0.4, -0.2) is 49.6 Å². The van der Waals surface area contributed by atoms with Crippen LogP contribution in [0.4, 0.5) is 0 Å². The zero-order chi connectivity index (χ0) is 32.9. The lowest BCUT2D eigenvalue weighted by Gasteiger charge is -2.36. The second-order valence-corrected chi connectivity index (χ2v) is 14.1. The molecule has 0 aliphatic rings. The van der Waals surface area contributed by atoms with E-state index in [0.717, 1.165) is 38.5 Å². The van der Waals surface area contributed by atoms with Crippen LogP contribution in [0.25, 0.3) is 0 Å². The molecule has 262 valence electrons. The van der Waals surface area contributed by atoms with E-state index < -0.39 is 17.3 Å². The summed E-state index contributed by atoms with van der Waals surface area (Å²) in [4.78, 5) is 25.3. The Labute approximate surface area is 273 Å². The Hall–Kier alpha value is -1.14. The largest absolute Gasteiger partial charge is 0.462 e. The molecular weight excluding hydrogens is 552 g/mol. The number of hydrogen-bond donors (Lipinski definition) is 0. The van der Waals surface area contributed by atoms with Crippen molar-refractivity contribution in [3.8, 4) is 0 Å². The van der Waals surface area contributed by atoms with Gasteiger partial charge in [-0.1, -0.05) is 142 Å². The molecule has 1 unspecified atom stereocenters. The Morgan fingerprint density at radius 2 is 0.909 bits per heavy atom. The molecule has 0 saturated heterocycles. The fourth-order valence-electron chi connectivity index (χ4n) is 5.21. The second-order valence-electron chi connectivity index (χ2n) is 14.1. The Bertz CT molecular complexity index is 674. The van der Waals surface area contributed by atoms with E-state index in [0.29, 0.717) is 19.4 Å². The van der Waals surface area contributed by atoms with E-state index in [9.17, 15) is 9.59 Å². The molecule has 0 fully saturated rings. The molecule has 0 rings (SSSR count). The first kappa shape index (κ1) is 42.9. The predicted molar refractivity (Wildman–Crippen MR) is 184 cm³/mol. The van der Waals surface area contributed by atoms with E-state index in [1.165, 1.54) is 103 Å². The lowest BCUT2D eigenvalue weighted by molar-refractivity contribution is -0.191. The van der Waals surface area contributed by atoms with Gasteiger partial charge in [-0.2, -0.15) is 0 Å². The van der Waals surface area contributed by atoms with Crippen LogP contribution in [0.3, 0.4) is 0 Å². The average Bonchev–Trinajstić information content (AvgIpc) is 2.99. The van der Waals surface area contributed by atoms with Gasteiger partial charge in [-0.15, -0.1) is 0 Å². The van der Waals surface area contributed by atoms with Crippen LogP contribution in [0.15, 0.2) is 0 Å². The van der Waals surface area contributed by atoms with Crippen molar-refractivity contribution in [3.63, 3.8) is 0 Å². The van der Waals surface area contributed by atoms with Gasteiger partial charge in [-0.3, -0.25) is 9.59 Å². The number of unbranched alkanes of at least 4 members (excludes halogenated alkanes) is 20. The highest BCUT2D eigenvalue weighted by Gasteiger charge is 2.36. The molecule has 6 heteroatoms. The normalized spacial score (nSPS) is 12.8. The van der Waals surface area contributed by atoms with E-state index in [4.69, 9.17) is 18.9 Å². The molecule has 0 saturated carbocycles. The number of esters is 2. The molecule has 0 spiro atoms. The Morgan fingerprint density at radius 1 is 0.545 bits per heavy atom. The van der Waals surface area contributed by atoms with Gasteiger partial charge in [-0.25, -0.2) is 0 Å². The number of carbonyl (C=O) groups excluding carboxylic acids is 2. The van der Waals surface area contributed by atoms with E-state index in [1.807, 2.05) is 27.7 Å². The van der Waals surface area contributed by atoms with Gasteiger partial charge < -0.3 is 18.9 Å². The van der Waals surface area contributed by atoms with Gasteiger partial charge in [0.05, 0.1) is 12.2 Å². The lowest BCUT2D eigenvalue weighted by Crippen LogP contribution is -2.48. The molecule has 0 aliphatic carbocycles. The third-order valence-electron chi connectivity index (χ3n) is 8.76. The first-order chi connectivity index (χ1) is 21.1. The molecular formula is C38H74O6. The fraction of sp³-hybridized carbons (Fsp3) is 0.947. The van der Waals surface area contributed by atoms with E-state index >= 15 is 0 Å². The van der Waals surface area contributed by atoms with Crippen LogP contribution in [-0.2, 0) is 28.5 Å². The van der Waals surface area contributed by atoms with E-state index in [2.05, 4.69) is 13.8 Å². The molecule has 0 aromatic heterocycles. The van der Waals surface area contributed by atoms with Gasteiger partial charge in [0.1, 0.15) is 12.2 Å². The first-order valence-corrected chi connectivity index (χ1v) is 18.6. The SMILES string of the molecule is CCCCCCCCCCCCCC(=O)OCC(OC(=O)CCCCCCCCCCCCC)C(C)(C)OCC(C)(C)OC. The predicted octanol–water partition coefficient (Wildman–Crippen LogP) is 11.1. The zero-order valence-electron chi connectivity index (χ0n) is 30.4. The monoisotopic (exact) mass is 627 g/mol. The number of rotatable bonds is 32. The van der Waals surface area contributed by atoms with Crippen LogP contribution in [0.1, 0.15) is 196 Å². The number of methoxy groups -OCH3 is 1. The highest BCUT2D eigenvalue weighted by atomic mass is 16.6. The van der Waals surface area contributed by atoms with Gasteiger partial charge in [-0.05, 0) is 40.5 Å². The van der Waals surface area contributed by atoms with Crippen molar-refractivity contribution in [3.05, 3.63) is 0 Å². The zero-order valence-corrected chi connectivity index (χ0v) is 30.4. The molecule has 1 atom stereocenters. The minimum Gasteiger partial charge on any atom is -0.462 e. The summed E-state index contributed by atoms with van der Waals surface area (Å²) in [6.07, 6.45) is 27.3. The van der Waals surface area contributed by atoms with Gasteiger partial charge >= 0.3 is 11.9 Å². The molecule has 6 nitrogen and oxygen atoms in total. The quantitative estimate of drug-likeness (QED) is 0.0546. The van der Waals surface area contributed by atoms with Crippen molar-refractivity contribution < 1.29 is 28.5 Å². The standard InChI is InChI=1S/C38H74O6/c1-8-10-12-14-16-18-20-22-24-26-28-30-35(39)42-32-34(38(5,6)43-33-37(3,4)41-7)44-36(40)31-29-27-25-23-21-19-17-15-13-11-9-2/h34H,8-33H2,1-7H3. The summed E-state index contributed by atoms with van der Waals surface area (Å²) in [7, 11) is 1.65. The van der Waals surface area contributed by atoms with Crippen LogP contribution >= 0.6 is 0 Å². The summed E-state index contributed by atoms with van der Waals surface area (Å²) in [5.74, 6) is -0.490. The van der Waals surface area contributed by atoms with Crippen molar-refractivity contribution in [1.29, 1.82) is 0 Å². The van der Waals surface area contributed by atoms with Gasteiger partial charge in [0, 0.05) is 20.0 Å². The minimum atomic E-state index is -0.834. The third kappa shape index (κ3) is 26.1. The molecule has 0 aromatic carbocycles. The smallest absolute Gasteiger partial charge is 0.306 e. The maximum Gasteiger partial charge on any atom is 0.306 e. The highest BCUT2D eigenvalue weighted by Crippen LogP contribution is 2.23. The first-order valence-electron chi connectivity index (χ1n) is 18.6. The molecule has 0 N–H and O–H groups in total. The summed E-state index contributed by atoms with van der Waals surface area (Å²) in [5.41, 5.74) is -1.31. The molecule has 0 bridgehead atoms. The summed E-state index contributed by atoms with van der Waals surface area (Å²) in [6, 6.07) is 0. The second kappa shape index (κ2) is 28.1. The maximum atomic E-state index is 12.8. The Balaban J connectivity index is 4.45. The lowest BCUT2D eigenvalue weighted by atomic mass is 10.0. The summed E-state index contributed by atoms with van der Waals surface area (Å²) < 4.78 is 23.2. The van der Waals surface area contributed by atoms with Crippen LogP contribution in [0.2, 0.25) is 0 Å². The fourth-order valence-corrected chi connectivity index (χ4v) is 5.21. The van der Waals surface area contributed by atoms with Crippen LogP contribution in [0.5, 0.6) is 0 Å². The van der Waals surface area contributed by atoms with Crippen LogP contribution < -0.4 is 0 Å². The summed E-state index contributed by atoms with van der Waals surface area (Å²) in [6.45, 7) is 12.5. The van der Waals surface area contributed by atoms with E-state index in [1.54, 1.807) is 7.11 Å². The van der Waals surface area contributed by atoms with Crippen molar-refractivity contribution in [2.24, 2.45) is 0 Å². The topological polar surface area (TPSA) is 71.1 Å². The van der Waals surface area contributed by atoms with Gasteiger partial charge in [0.2, 0.25) is 0 Å².